The zero-order valence-electron chi connectivity index (χ0n) is 9.40. The first-order valence-electron chi connectivity index (χ1n) is 5.49. The van der Waals surface area contributed by atoms with Crippen molar-refractivity contribution in [2.24, 2.45) is 5.92 Å². The summed E-state index contributed by atoms with van der Waals surface area (Å²) in [6, 6.07) is 2.01. The van der Waals surface area contributed by atoms with E-state index in [9.17, 15) is 5.11 Å². The van der Waals surface area contributed by atoms with Crippen LogP contribution in [0.25, 0.3) is 0 Å². The zero-order chi connectivity index (χ0) is 10.6. The van der Waals surface area contributed by atoms with Crippen molar-refractivity contribution in [3.63, 3.8) is 0 Å². The molecule has 1 heterocycles. The van der Waals surface area contributed by atoms with E-state index < -0.39 is 0 Å². The molecule has 0 fully saturated rings. The first kappa shape index (κ1) is 11.3. The summed E-state index contributed by atoms with van der Waals surface area (Å²) in [6.07, 6.45) is 6.20. The summed E-state index contributed by atoms with van der Waals surface area (Å²) in [5.41, 5.74) is 1.04. The van der Waals surface area contributed by atoms with E-state index >= 15 is 0 Å². The van der Waals surface area contributed by atoms with E-state index in [1.165, 1.54) is 12.8 Å². The molecule has 0 spiro atoms. The van der Waals surface area contributed by atoms with Crippen molar-refractivity contribution in [2.45, 2.75) is 46.3 Å². The SMILES string of the molecule is CCCCn1ccc(C(O)C(C)C)c1. The van der Waals surface area contributed by atoms with Gasteiger partial charge >= 0.3 is 0 Å². The Labute approximate surface area is 86.6 Å². The molecule has 0 saturated heterocycles. The van der Waals surface area contributed by atoms with E-state index in [-0.39, 0.29) is 12.0 Å². The molecule has 0 amide bonds. The van der Waals surface area contributed by atoms with Crippen molar-refractivity contribution in [3.8, 4) is 0 Å². The van der Waals surface area contributed by atoms with E-state index in [0.717, 1.165) is 12.1 Å². The third kappa shape index (κ3) is 2.88. The van der Waals surface area contributed by atoms with Crippen LogP contribution < -0.4 is 0 Å². The monoisotopic (exact) mass is 195 g/mol. The molecule has 0 radical (unpaired) electrons. The van der Waals surface area contributed by atoms with Gasteiger partial charge in [-0.2, -0.15) is 0 Å². The summed E-state index contributed by atoms with van der Waals surface area (Å²) in [6.45, 7) is 7.32. The van der Waals surface area contributed by atoms with Crippen molar-refractivity contribution in [3.05, 3.63) is 24.0 Å². The number of hydrogen-bond acceptors (Lipinski definition) is 1. The van der Waals surface area contributed by atoms with Gasteiger partial charge in [0, 0.05) is 18.9 Å². The normalized spacial score (nSPS) is 13.5. The van der Waals surface area contributed by atoms with Gasteiger partial charge < -0.3 is 9.67 Å². The molecule has 1 aromatic heterocycles. The minimum absolute atomic E-state index is 0.289. The third-order valence-electron chi connectivity index (χ3n) is 2.52. The van der Waals surface area contributed by atoms with Crippen LogP contribution in [0.1, 0.15) is 45.3 Å². The van der Waals surface area contributed by atoms with E-state index in [0.29, 0.717) is 0 Å². The molecule has 0 aliphatic heterocycles. The Hall–Kier alpha value is -0.760. The fraction of sp³-hybridized carbons (Fsp3) is 0.667. The fourth-order valence-electron chi connectivity index (χ4n) is 1.50. The van der Waals surface area contributed by atoms with Gasteiger partial charge in [-0.1, -0.05) is 27.2 Å². The number of aliphatic hydroxyl groups is 1. The van der Waals surface area contributed by atoms with Crippen LogP contribution in [0.2, 0.25) is 0 Å². The van der Waals surface area contributed by atoms with Gasteiger partial charge in [-0.15, -0.1) is 0 Å². The Bertz CT molecular complexity index is 265. The lowest BCUT2D eigenvalue weighted by atomic mass is 10.0. The number of unbranched alkanes of at least 4 members (excludes halogenated alkanes) is 1. The molecule has 14 heavy (non-hydrogen) atoms. The van der Waals surface area contributed by atoms with Crippen LogP contribution in [0.5, 0.6) is 0 Å². The number of aromatic nitrogens is 1. The van der Waals surface area contributed by atoms with E-state index in [1.54, 1.807) is 0 Å². The highest BCUT2D eigenvalue weighted by molar-refractivity contribution is 5.13. The molecular weight excluding hydrogens is 174 g/mol. The summed E-state index contributed by atoms with van der Waals surface area (Å²) in [5, 5.41) is 9.82. The first-order chi connectivity index (χ1) is 6.65. The fourth-order valence-corrected chi connectivity index (χ4v) is 1.50. The molecule has 2 nitrogen and oxygen atoms in total. The highest BCUT2D eigenvalue weighted by Gasteiger charge is 2.12. The molecular formula is C12H21NO. The van der Waals surface area contributed by atoms with Crippen LogP contribution in [-0.4, -0.2) is 9.67 Å². The van der Waals surface area contributed by atoms with Gasteiger partial charge in [0.25, 0.3) is 0 Å². The van der Waals surface area contributed by atoms with Gasteiger partial charge in [0.15, 0.2) is 0 Å². The lowest BCUT2D eigenvalue weighted by Gasteiger charge is -2.12. The quantitative estimate of drug-likeness (QED) is 0.767. The number of nitrogens with zero attached hydrogens (tertiary/aromatic N) is 1. The highest BCUT2D eigenvalue weighted by atomic mass is 16.3. The Morgan fingerprint density at radius 3 is 2.71 bits per heavy atom. The average Bonchev–Trinajstić information content (AvgIpc) is 2.61. The van der Waals surface area contributed by atoms with Gasteiger partial charge in [-0.05, 0) is 24.0 Å². The standard InChI is InChI=1S/C12H21NO/c1-4-5-7-13-8-6-11(9-13)12(14)10(2)3/h6,8-10,12,14H,4-5,7H2,1-3H3. The van der Waals surface area contributed by atoms with Crippen LogP contribution in [-0.2, 0) is 6.54 Å². The molecule has 80 valence electrons. The third-order valence-corrected chi connectivity index (χ3v) is 2.52. The van der Waals surface area contributed by atoms with Crippen LogP contribution in [0.4, 0.5) is 0 Å². The van der Waals surface area contributed by atoms with Crippen molar-refractivity contribution >= 4 is 0 Å². The van der Waals surface area contributed by atoms with Crippen molar-refractivity contribution in [2.75, 3.05) is 0 Å². The summed E-state index contributed by atoms with van der Waals surface area (Å²) < 4.78 is 2.16. The Balaban J connectivity index is 2.58. The van der Waals surface area contributed by atoms with Crippen LogP contribution >= 0.6 is 0 Å². The van der Waals surface area contributed by atoms with Gasteiger partial charge in [-0.3, -0.25) is 0 Å². The zero-order valence-corrected chi connectivity index (χ0v) is 9.40. The number of rotatable bonds is 5. The summed E-state index contributed by atoms with van der Waals surface area (Å²) in [7, 11) is 0. The predicted octanol–water partition coefficient (Wildman–Crippen LogP) is 2.98. The molecule has 0 aliphatic rings. The van der Waals surface area contributed by atoms with Crippen LogP contribution in [0.15, 0.2) is 18.5 Å². The Morgan fingerprint density at radius 1 is 1.43 bits per heavy atom. The van der Waals surface area contributed by atoms with Crippen molar-refractivity contribution in [1.29, 1.82) is 0 Å². The lowest BCUT2D eigenvalue weighted by molar-refractivity contribution is 0.127. The molecule has 0 aromatic carbocycles. The van der Waals surface area contributed by atoms with E-state index in [1.807, 2.05) is 19.9 Å². The molecule has 2 heteroatoms. The topological polar surface area (TPSA) is 25.2 Å². The van der Waals surface area contributed by atoms with E-state index in [2.05, 4.69) is 23.9 Å². The number of aryl methyl sites for hydroxylation is 1. The molecule has 1 unspecified atom stereocenters. The van der Waals surface area contributed by atoms with Gasteiger partial charge in [0.05, 0.1) is 6.10 Å². The molecule has 1 N–H and O–H groups in total. The molecule has 1 atom stereocenters. The molecule has 0 bridgehead atoms. The minimum atomic E-state index is -0.321. The molecule has 1 aromatic rings. The van der Waals surface area contributed by atoms with E-state index in [4.69, 9.17) is 0 Å². The number of hydrogen-bond donors (Lipinski definition) is 1. The second kappa shape index (κ2) is 5.20. The van der Waals surface area contributed by atoms with Gasteiger partial charge in [-0.25, -0.2) is 0 Å². The Morgan fingerprint density at radius 2 is 2.14 bits per heavy atom. The number of aliphatic hydroxyl groups excluding tert-OH is 1. The minimum Gasteiger partial charge on any atom is -0.388 e. The highest BCUT2D eigenvalue weighted by Crippen LogP contribution is 2.21. The average molecular weight is 195 g/mol. The summed E-state index contributed by atoms with van der Waals surface area (Å²) in [5.74, 6) is 0.289. The van der Waals surface area contributed by atoms with Crippen molar-refractivity contribution < 1.29 is 5.11 Å². The maximum atomic E-state index is 9.82. The van der Waals surface area contributed by atoms with Crippen molar-refractivity contribution in [1.82, 2.24) is 4.57 Å². The lowest BCUT2D eigenvalue weighted by Crippen LogP contribution is -2.04. The van der Waals surface area contributed by atoms with Gasteiger partial charge in [0.1, 0.15) is 0 Å². The van der Waals surface area contributed by atoms with Crippen LogP contribution in [0.3, 0.4) is 0 Å². The summed E-state index contributed by atoms with van der Waals surface area (Å²) >= 11 is 0. The second-order valence-electron chi connectivity index (χ2n) is 4.23. The van der Waals surface area contributed by atoms with Crippen LogP contribution in [0, 0.1) is 5.92 Å². The molecule has 0 aliphatic carbocycles. The Kier molecular flexibility index (Phi) is 4.21. The first-order valence-corrected chi connectivity index (χ1v) is 5.49. The maximum absolute atomic E-state index is 9.82. The maximum Gasteiger partial charge on any atom is 0.0827 e. The molecule has 0 saturated carbocycles. The smallest absolute Gasteiger partial charge is 0.0827 e. The summed E-state index contributed by atoms with van der Waals surface area (Å²) in [4.78, 5) is 0. The van der Waals surface area contributed by atoms with Gasteiger partial charge in [0.2, 0.25) is 0 Å². The second-order valence-corrected chi connectivity index (χ2v) is 4.23. The largest absolute Gasteiger partial charge is 0.388 e. The predicted molar refractivity (Wildman–Crippen MR) is 59.1 cm³/mol. The molecule has 1 rings (SSSR count).